The zero-order valence-corrected chi connectivity index (χ0v) is 10.6. The second-order valence-electron chi connectivity index (χ2n) is 3.36. The molecule has 0 spiro atoms. The van der Waals surface area contributed by atoms with E-state index >= 15 is 0 Å². The first-order valence-corrected chi connectivity index (χ1v) is 6.40. The number of para-hydroxylation sites is 1. The third kappa shape index (κ3) is 2.80. The van der Waals surface area contributed by atoms with Gasteiger partial charge in [0.25, 0.3) is 5.91 Å². The summed E-state index contributed by atoms with van der Waals surface area (Å²) in [5.41, 5.74) is 5.59. The minimum atomic E-state index is -0.357. The van der Waals surface area contributed by atoms with Gasteiger partial charge in [-0.15, -0.1) is 5.10 Å². The number of benzene rings is 1. The van der Waals surface area contributed by atoms with Gasteiger partial charge in [-0.1, -0.05) is 30.0 Å². The van der Waals surface area contributed by atoms with Gasteiger partial charge in [0.15, 0.2) is 6.61 Å². The maximum absolute atomic E-state index is 11.8. The minimum absolute atomic E-state index is 0.0704. The summed E-state index contributed by atoms with van der Waals surface area (Å²) in [6.45, 7) is -0.134. The van der Waals surface area contributed by atoms with Crippen molar-refractivity contribution in [2.75, 3.05) is 18.6 Å². The molecule has 7 heteroatoms. The third-order valence-corrected chi connectivity index (χ3v) is 2.68. The molecule has 0 saturated carbocycles. The summed E-state index contributed by atoms with van der Waals surface area (Å²) >= 11 is 1.32. The van der Waals surface area contributed by atoms with Gasteiger partial charge in [0.05, 0.1) is 0 Å². The van der Waals surface area contributed by atoms with E-state index < -0.39 is 0 Å². The molecule has 0 unspecified atom stereocenters. The van der Waals surface area contributed by atoms with Crippen molar-refractivity contribution >= 4 is 23.6 Å². The first kappa shape index (κ1) is 12.4. The number of nitrogens with zero attached hydrogens (tertiary/aromatic N) is 3. The molecular weight excluding hydrogens is 252 g/mol. The fourth-order valence-corrected chi connectivity index (χ4v) is 1.65. The van der Waals surface area contributed by atoms with Crippen LogP contribution in [-0.4, -0.2) is 33.5 Å². The number of rotatable bonds is 4. The van der Waals surface area contributed by atoms with E-state index in [-0.39, 0.29) is 18.5 Å². The fraction of sp³-hybridized carbons (Fsp3) is 0.182. The van der Waals surface area contributed by atoms with Crippen LogP contribution in [0.4, 0.5) is 5.95 Å². The van der Waals surface area contributed by atoms with Crippen molar-refractivity contribution in [1.82, 2.24) is 14.8 Å². The molecule has 1 aromatic heterocycles. The average molecular weight is 264 g/mol. The van der Waals surface area contributed by atoms with Crippen LogP contribution in [0.3, 0.4) is 0 Å². The lowest BCUT2D eigenvalue weighted by atomic mass is 10.3. The SMILES string of the molecule is CSc1nc(N)n(C(=O)COc2ccccc2)n1. The second kappa shape index (κ2) is 5.54. The van der Waals surface area contributed by atoms with Gasteiger partial charge >= 0.3 is 0 Å². The Morgan fingerprint density at radius 1 is 1.44 bits per heavy atom. The van der Waals surface area contributed by atoms with Crippen LogP contribution in [0, 0.1) is 0 Å². The maximum atomic E-state index is 11.8. The molecule has 0 aliphatic carbocycles. The molecule has 0 radical (unpaired) electrons. The molecule has 2 aromatic rings. The Morgan fingerprint density at radius 2 is 2.17 bits per heavy atom. The fourth-order valence-electron chi connectivity index (χ4n) is 1.30. The van der Waals surface area contributed by atoms with Gasteiger partial charge in [-0.3, -0.25) is 4.79 Å². The molecule has 0 saturated heterocycles. The standard InChI is InChI=1S/C11H12N4O2S/c1-18-11-13-10(12)15(14-11)9(16)7-17-8-5-3-2-4-6-8/h2-6H,7H2,1H3,(H2,12,13,14). The molecule has 94 valence electrons. The van der Waals surface area contributed by atoms with E-state index in [1.165, 1.54) is 11.8 Å². The molecule has 1 heterocycles. The summed E-state index contributed by atoms with van der Waals surface area (Å²) in [6.07, 6.45) is 1.81. The number of aromatic nitrogens is 3. The van der Waals surface area contributed by atoms with Gasteiger partial charge in [-0.05, 0) is 18.4 Å². The summed E-state index contributed by atoms with van der Waals surface area (Å²) in [4.78, 5) is 15.7. The monoisotopic (exact) mass is 264 g/mol. The van der Waals surface area contributed by atoms with Crippen LogP contribution >= 0.6 is 11.8 Å². The smallest absolute Gasteiger partial charge is 0.287 e. The molecular formula is C11H12N4O2S. The van der Waals surface area contributed by atoms with Crippen LogP contribution in [0.25, 0.3) is 0 Å². The van der Waals surface area contributed by atoms with Gasteiger partial charge in [0.2, 0.25) is 11.1 Å². The molecule has 0 aliphatic heterocycles. The van der Waals surface area contributed by atoms with Gasteiger partial charge in [-0.25, -0.2) is 0 Å². The average Bonchev–Trinajstić information content (AvgIpc) is 2.78. The lowest BCUT2D eigenvalue weighted by Gasteiger charge is -2.04. The van der Waals surface area contributed by atoms with E-state index in [2.05, 4.69) is 10.1 Å². The van der Waals surface area contributed by atoms with Crippen molar-refractivity contribution in [3.8, 4) is 5.75 Å². The van der Waals surface area contributed by atoms with E-state index in [9.17, 15) is 4.79 Å². The van der Waals surface area contributed by atoms with Crippen LogP contribution in [0.15, 0.2) is 35.5 Å². The Balaban J connectivity index is 2.01. The molecule has 0 amide bonds. The van der Waals surface area contributed by atoms with Crippen molar-refractivity contribution < 1.29 is 9.53 Å². The highest BCUT2D eigenvalue weighted by Crippen LogP contribution is 2.12. The van der Waals surface area contributed by atoms with Gasteiger partial charge in [0.1, 0.15) is 5.75 Å². The van der Waals surface area contributed by atoms with Gasteiger partial charge in [0, 0.05) is 0 Å². The van der Waals surface area contributed by atoms with Crippen molar-refractivity contribution in [2.45, 2.75) is 5.16 Å². The molecule has 0 aliphatic rings. The molecule has 18 heavy (non-hydrogen) atoms. The summed E-state index contributed by atoms with van der Waals surface area (Å²) in [7, 11) is 0. The maximum Gasteiger partial charge on any atom is 0.287 e. The molecule has 1 aromatic carbocycles. The van der Waals surface area contributed by atoms with E-state index in [4.69, 9.17) is 10.5 Å². The van der Waals surface area contributed by atoms with Crippen LogP contribution in [0.5, 0.6) is 5.75 Å². The Kier molecular flexibility index (Phi) is 3.83. The van der Waals surface area contributed by atoms with Crippen molar-refractivity contribution in [3.05, 3.63) is 30.3 Å². The number of thioether (sulfide) groups is 1. The number of hydrogen-bond acceptors (Lipinski definition) is 6. The molecule has 0 bridgehead atoms. The topological polar surface area (TPSA) is 83.0 Å². The van der Waals surface area contributed by atoms with Gasteiger partial charge < -0.3 is 10.5 Å². The van der Waals surface area contributed by atoms with Gasteiger partial charge in [-0.2, -0.15) is 9.67 Å². The normalized spacial score (nSPS) is 10.3. The number of carbonyl (C=O) groups excluding carboxylic acids is 1. The first-order chi connectivity index (χ1) is 8.70. The number of anilines is 1. The van der Waals surface area contributed by atoms with Crippen LogP contribution in [0.2, 0.25) is 0 Å². The Bertz CT molecular complexity index is 541. The highest BCUT2D eigenvalue weighted by molar-refractivity contribution is 7.98. The summed E-state index contributed by atoms with van der Waals surface area (Å²) < 4.78 is 6.37. The summed E-state index contributed by atoms with van der Waals surface area (Å²) in [5.74, 6) is 0.333. The zero-order valence-electron chi connectivity index (χ0n) is 9.74. The zero-order chi connectivity index (χ0) is 13.0. The van der Waals surface area contributed by atoms with Crippen molar-refractivity contribution in [1.29, 1.82) is 0 Å². The van der Waals surface area contributed by atoms with E-state index in [1.54, 1.807) is 12.1 Å². The second-order valence-corrected chi connectivity index (χ2v) is 4.14. The summed E-state index contributed by atoms with van der Waals surface area (Å²) in [5, 5.41) is 4.41. The number of hydrogen-bond donors (Lipinski definition) is 1. The number of carbonyl (C=O) groups is 1. The Hall–Kier alpha value is -2.02. The van der Waals surface area contributed by atoms with E-state index in [0.717, 1.165) is 4.68 Å². The first-order valence-electron chi connectivity index (χ1n) is 5.18. The summed E-state index contributed by atoms with van der Waals surface area (Å²) in [6, 6.07) is 9.07. The quantitative estimate of drug-likeness (QED) is 0.838. The minimum Gasteiger partial charge on any atom is -0.484 e. The number of ether oxygens (including phenoxy) is 1. The molecule has 0 fully saturated rings. The van der Waals surface area contributed by atoms with Crippen molar-refractivity contribution in [3.63, 3.8) is 0 Å². The largest absolute Gasteiger partial charge is 0.484 e. The highest BCUT2D eigenvalue weighted by Gasteiger charge is 2.13. The number of nitrogens with two attached hydrogens (primary N) is 1. The predicted molar refractivity (Wildman–Crippen MR) is 68.8 cm³/mol. The lowest BCUT2D eigenvalue weighted by Crippen LogP contribution is -2.22. The third-order valence-electron chi connectivity index (χ3n) is 2.14. The van der Waals surface area contributed by atoms with E-state index in [1.807, 2.05) is 24.5 Å². The van der Waals surface area contributed by atoms with E-state index in [0.29, 0.717) is 10.9 Å². The lowest BCUT2D eigenvalue weighted by molar-refractivity contribution is 0.0822. The van der Waals surface area contributed by atoms with Crippen molar-refractivity contribution in [2.24, 2.45) is 0 Å². The molecule has 6 nitrogen and oxygen atoms in total. The van der Waals surface area contributed by atoms with Crippen LogP contribution in [-0.2, 0) is 0 Å². The molecule has 2 rings (SSSR count). The molecule has 2 N–H and O–H groups in total. The van der Waals surface area contributed by atoms with Crippen LogP contribution in [0.1, 0.15) is 4.79 Å². The highest BCUT2D eigenvalue weighted by atomic mass is 32.2. The Morgan fingerprint density at radius 3 is 2.78 bits per heavy atom. The number of nitrogen functional groups attached to an aromatic ring is 1. The van der Waals surface area contributed by atoms with Crippen LogP contribution < -0.4 is 10.5 Å². The molecule has 0 atom stereocenters. The predicted octanol–water partition coefficient (Wildman–Crippen LogP) is 1.30. The Labute approximate surface area is 108 Å².